The minimum Gasteiger partial charge on any atom is -0.388 e. The summed E-state index contributed by atoms with van der Waals surface area (Å²) in [6.07, 6.45) is 0.269. The lowest BCUT2D eigenvalue weighted by Crippen LogP contribution is -2.21. The van der Waals surface area contributed by atoms with Gasteiger partial charge in [-0.1, -0.05) is 42.5 Å². The van der Waals surface area contributed by atoms with E-state index in [4.69, 9.17) is 0 Å². The molecule has 1 atom stereocenters. The third-order valence-electron chi connectivity index (χ3n) is 3.70. The molecule has 4 nitrogen and oxygen atoms in total. The first kappa shape index (κ1) is 17.2. The van der Waals surface area contributed by atoms with Gasteiger partial charge in [0.2, 0.25) is 5.91 Å². The van der Waals surface area contributed by atoms with Crippen LogP contribution in [0.1, 0.15) is 30.6 Å². The van der Waals surface area contributed by atoms with Gasteiger partial charge in [0.15, 0.2) is 0 Å². The summed E-state index contributed by atoms with van der Waals surface area (Å²) in [5, 5.41) is 12.9. The van der Waals surface area contributed by atoms with Crippen molar-refractivity contribution in [2.45, 2.75) is 26.0 Å². The average Bonchev–Trinajstić information content (AvgIpc) is 2.55. The van der Waals surface area contributed by atoms with E-state index >= 15 is 0 Å². The van der Waals surface area contributed by atoms with Gasteiger partial charge in [0, 0.05) is 25.7 Å². The van der Waals surface area contributed by atoms with Crippen LogP contribution in [0.3, 0.4) is 0 Å². The molecule has 0 aromatic heterocycles. The maximum Gasteiger partial charge on any atom is 0.221 e. The zero-order chi connectivity index (χ0) is 16.7. The Kier molecular flexibility index (Phi) is 6.32. The molecular formula is C19H24N2O2. The lowest BCUT2D eigenvalue weighted by atomic mass is 10.1. The van der Waals surface area contributed by atoms with Crippen LogP contribution >= 0.6 is 0 Å². The molecular weight excluding hydrogens is 288 g/mol. The molecule has 4 heteroatoms. The van der Waals surface area contributed by atoms with Crippen molar-refractivity contribution in [2.75, 3.05) is 18.9 Å². The molecule has 2 rings (SSSR count). The number of nitrogens with zero attached hydrogens (tertiary/aromatic N) is 1. The minimum atomic E-state index is -0.430. The first-order valence-corrected chi connectivity index (χ1v) is 7.82. The fourth-order valence-corrected chi connectivity index (χ4v) is 2.47. The number of benzene rings is 2. The Bertz CT molecular complexity index is 611. The fourth-order valence-electron chi connectivity index (χ4n) is 2.47. The Labute approximate surface area is 137 Å². The monoisotopic (exact) mass is 312 g/mol. The van der Waals surface area contributed by atoms with Crippen molar-refractivity contribution in [2.24, 2.45) is 0 Å². The van der Waals surface area contributed by atoms with Gasteiger partial charge >= 0.3 is 0 Å². The lowest BCUT2D eigenvalue weighted by Gasteiger charge is -2.19. The van der Waals surface area contributed by atoms with Gasteiger partial charge in [-0.3, -0.25) is 4.79 Å². The summed E-state index contributed by atoms with van der Waals surface area (Å²) < 4.78 is 0. The Morgan fingerprint density at radius 1 is 1.13 bits per heavy atom. The molecule has 0 aliphatic carbocycles. The van der Waals surface area contributed by atoms with Crippen molar-refractivity contribution in [3.63, 3.8) is 0 Å². The van der Waals surface area contributed by atoms with Crippen LogP contribution in [-0.2, 0) is 11.3 Å². The SMILES string of the molecule is CC(=O)Nc1ccc(CN(C)CCC(O)c2ccccc2)cc1. The molecule has 0 bridgehead atoms. The largest absolute Gasteiger partial charge is 0.388 e. The first-order valence-electron chi connectivity index (χ1n) is 7.82. The molecule has 0 aliphatic heterocycles. The van der Waals surface area contributed by atoms with E-state index in [9.17, 15) is 9.90 Å². The lowest BCUT2D eigenvalue weighted by molar-refractivity contribution is -0.114. The molecule has 0 fully saturated rings. The van der Waals surface area contributed by atoms with Crippen molar-refractivity contribution in [1.29, 1.82) is 0 Å². The highest BCUT2D eigenvalue weighted by Gasteiger charge is 2.09. The quantitative estimate of drug-likeness (QED) is 0.825. The summed E-state index contributed by atoms with van der Waals surface area (Å²) in [6, 6.07) is 17.6. The molecule has 0 aliphatic rings. The van der Waals surface area contributed by atoms with Gasteiger partial charge in [-0.2, -0.15) is 0 Å². The van der Waals surface area contributed by atoms with E-state index in [0.717, 1.165) is 24.3 Å². The van der Waals surface area contributed by atoms with Gasteiger partial charge in [0.25, 0.3) is 0 Å². The second-order valence-electron chi connectivity index (χ2n) is 5.83. The smallest absolute Gasteiger partial charge is 0.221 e. The number of aliphatic hydroxyl groups is 1. The normalized spacial score (nSPS) is 12.2. The molecule has 2 N–H and O–H groups in total. The van der Waals surface area contributed by atoms with Crippen LogP contribution in [0.15, 0.2) is 54.6 Å². The number of rotatable bonds is 7. The van der Waals surface area contributed by atoms with Crippen molar-refractivity contribution in [3.05, 3.63) is 65.7 Å². The second kappa shape index (κ2) is 8.46. The number of aliphatic hydroxyl groups excluding tert-OH is 1. The first-order chi connectivity index (χ1) is 11.0. The van der Waals surface area contributed by atoms with Crippen molar-refractivity contribution in [1.82, 2.24) is 4.90 Å². The van der Waals surface area contributed by atoms with E-state index in [1.54, 1.807) is 0 Å². The van der Waals surface area contributed by atoms with Gasteiger partial charge in [-0.25, -0.2) is 0 Å². The predicted octanol–water partition coefficient (Wildman–Crippen LogP) is 3.20. The molecule has 23 heavy (non-hydrogen) atoms. The van der Waals surface area contributed by atoms with Crippen molar-refractivity contribution < 1.29 is 9.90 Å². The summed E-state index contributed by atoms with van der Waals surface area (Å²) in [6.45, 7) is 3.12. The minimum absolute atomic E-state index is 0.0650. The molecule has 0 radical (unpaired) electrons. The van der Waals surface area contributed by atoms with Gasteiger partial charge in [-0.15, -0.1) is 0 Å². The molecule has 0 heterocycles. The Hall–Kier alpha value is -2.17. The summed E-state index contributed by atoms with van der Waals surface area (Å²) in [4.78, 5) is 13.2. The fraction of sp³-hybridized carbons (Fsp3) is 0.316. The van der Waals surface area contributed by atoms with Crippen LogP contribution < -0.4 is 5.32 Å². The number of carbonyl (C=O) groups excluding carboxylic acids is 1. The molecule has 0 saturated heterocycles. The standard InChI is InChI=1S/C19H24N2O2/c1-15(22)20-18-10-8-16(9-11-18)14-21(2)13-12-19(23)17-6-4-3-5-7-17/h3-11,19,23H,12-14H2,1-2H3,(H,20,22). The number of nitrogens with one attached hydrogen (secondary N) is 1. The number of amides is 1. The third kappa shape index (κ3) is 5.85. The van der Waals surface area contributed by atoms with Crippen molar-refractivity contribution >= 4 is 11.6 Å². The number of anilines is 1. The predicted molar refractivity (Wildman–Crippen MR) is 93.1 cm³/mol. The van der Waals surface area contributed by atoms with Gasteiger partial charge in [0.1, 0.15) is 0 Å². The average molecular weight is 312 g/mol. The van der Waals surface area contributed by atoms with Gasteiger partial charge in [0.05, 0.1) is 6.10 Å². The van der Waals surface area contributed by atoms with E-state index in [-0.39, 0.29) is 5.91 Å². The van der Waals surface area contributed by atoms with E-state index in [1.165, 1.54) is 12.5 Å². The number of hydrogen-bond acceptors (Lipinski definition) is 3. The number of hydrogen-bond donors (Lipinski definition) is 2. The Balaban J connectivity index is 1.80. The third-order valence-corrected chi connectivity index (χ3v) is 3.70. The van der Waals surface area contributed by atoms with E-state index in [1.807, 2.05) is 61.6 Å². The summed E-state index contributed by atoms with van der Waals surface area (Å²) >= 11 is 0. The Morgan fingerprint density at radius 2 is 1.78 bits per heavy atom. The second-order valence-corrected chi connectivity index (χ2v) is 5.83. The van der Waals surface area contributed by atoms with E-state index in [2.05, 4.69) is 10.2 Å². The highest BCUT2D eigenvalue weighted by molar-refractivity contribution is 5.88. The molecule has 2 aromatic carbocycles. The highest BCUT2D eigenvalue weighted by Crippen LogP contribution is 2.17. The Morgan fingerprint density at radius 3 is 2.39 bits per heavy atom. The summed E-state index contributed by atoms with van der Waals surface area (Å²) in [5.41, 5.74) is 2.94. The van der Waals surface area contributed by atoms with E-state index < -0.39 is 6.10 Å². The van der Waals surface area contributed by atoms with E-state index in [0.29, 0.717) is 6.42 Å². The van der Waals surface area contributed by atoms with Gasteiger partial charge < -0.3 is 15.3 Å². The van der Waals surface area contributed by atoms with Gasteiger partial charge in [-0.05, 0) is 36.7 Å². The zero-order valence-corrected chi connectivity index (χ0v) is 13.7. The van der Waals surface area contributed by atoms with Crippen LogP contribution in [0.2, 0.25) is 0 Å². The molecule has 1 amide bonds. The molecule has 0 spiro atoms. The maximum absolute atomic E-state index is 11.0. The van der Waals surface area contributed by atoms with Crippen molar-refractivity contribution in [3.8, 4) is 0 Å². The van der Waals surface area contributed by atoms with Crippen LogP contribution in [-0.4, -0.2) is 29.5 Å². The van der Waals surface area contributed by atoms with Crippen LogP contribution in [0.5, 0.6) is 0 Å². The van der Waals surface area contributed by atoms with Crippen LogP contribution in [0.25, 0.3) is 0 Å². The molecule has 2 aromatic rings. The molecule has 1 unspecified atom stereocenters. The summed E-state index contributed by atoms with van der Waals surface area (Å²) in [7, 11) is 2.04. The molecule has 0 saturated carbocycles. The number of carbonyl (C=O) groups is 1. The molecule has 122 valence electrons. The zero-order valence-electron chi connectivity index (χ0n) is 13.7. The van der Waals surface area contributed by atoms with Crippen LogP contribution in [0.4, 0.5) is 5.69 Å². The van der Waals surface area contributed by atoms with Crippen LogP contribution in [0, 0.1) is 0 Å². The highest BCUT2D eigenvalue weighted by atomic mass is 16.3. The topological polar surface area (TPSA) is 52.6 Å². The summed E-state index contributed by atoms with van der Waals surface area (Å²) in [5.74, 6) is -0.0650. The maximum atomic E-state index is 11.0.